The first-order valence-electron chi connectivity index (χ1n) is 10.6. The number of amides is 2. The average Bonchev–Trinajstić information content (AvgIpc) is 3.23. The third-order valence-electron chi connectivity index (χ3n) is 5.32. The molecule has 2 amide bonds. The number of hydrogen-bond acceptors (Lipinski definition) is 7. The standard InChI is InChI=1S/C24H27N5O4/c1-23(2,3)33-22(31)29-20-16(24(4,5)21(29)30)13-25-19(26-20)17-12-18(32-6)28(27-17)14-15-10-8-7-9-11-15/h7-13H,14H2,1-6H3. The highest BCUT2D eigenvalue weighted by atomic mass is 16.6. The fourth-order valence-corrected chi connectivity index (χ4v) is 3.62. The summed E-state index contributed by atoms with van der Waals surface area (Å²) in [5.74, 6) is 0.613. The van der Waals surface area contributed by atoms with Crippen molar-refractivity contribution in [2.24, 2.45) is 0 Å². The van der Waals surface area contributed by atoms with Crippen LogP contribution in [0.3, 0.4) is 0 Å². The van der Waals surface area contributed by atoms with Gasteiger partial charge in [-0.05, 0) is 40.2 Å². The van der Waals surface area contributed by atoms with E-state index in [1.807, 2.05) is 30.3 Å². The summed E-state index contributed by atoms with van der Waals surface area (Å²) in [6.07, 6.45) is 0.805. The Labute approximate surface area is 192 Å². The third-order valence-corrected chi connectivity index (χ3v) is 5.32. The van der Waals surface area contributed by atoms with Gasteiger partial charge in [0.25, 0.3) is 0 Å². The summed E-state index contributed by atoms with van der Waals surface area (Å²) in [6, 6.07) is 11.6. The number of ether oxygens (including phenoxy) is 2. The molecular formula is C24H27N5O4. The average molecular weight is 450 g/mol. The van der Waals surface area contributed by atoms with E-state index in [9.17, 15) is 9.59 Å². The third kappa shape index (κ3) is 4.18. The molecule has 0 unspecified atom stereocenters. The van der Waals surface area contributed by atoms with Crippen LogP contribution in [0.4, 0.5) is 10.6 Å². The molecule has 0 aliphatic carbocycles. The molecule has 1 aliphatic heterocycles. The molecule has 172 valence electrons. The Morgan fingerprint density at radius 3 is 2.48 bits per heavy atom. The molecule has 1 aliphatic rings. The van der Waals surface area contributed by atoms with Gasteiger partial charge in [0.1, 0.15) is 11.3 Å². The van der Waals surface area contributed by atoms with E-state index in [2.05, 4.69) is 15.1 Å². The zero-order valence-electron chi connectivity index (χ0n) is 19.6. The van der Waals surface area contributed by atoms with E-state index in [1.54, 1.807) is 58.7 Å². The maximum atomic E-state index is 13.1. The highest BCUT2D eigenvalue weighted by molar-refractivity contribution is 6.20. The smallest absolute Gasteiger partial charge is 0.423 e. The Hall–Kier alpha value is -3.75. The molecule has 0 N–H and O–H groups in total. The van der Waals surface area contributed by atoms with Gasteiger partial charge in [-0.3, -0.25) is 4.79 Å². The van der Waals surface area contributed by atoms with E-state index in [0.717, 1.165) is 10.5 Å². The summed E-state index contributed by atoms with van der Waals surface area (Å²) < 4.78 is 12.7. The molecule has 0 fully saturated rings. The first kappa shape index (κ1) is 22.4. The molecule has 9 nitrogen and oxygen atoms in total. The molecule has 9 heteroatoms. The first-order valence-corrected chi connectivity index (χ1v) is 10.6. The molecular weight excluding hydrogens is 422 g/mol. The lowest BCUT2D eigenvalue weighted by molar-refractivity contribution is -0.121. The van der Waals surface area contributed by atoms with Crippen LogP contribution < -0.4 is 9.64 Å². The minimum atomic E-state index is -0.963. The molecule has 33 heavy (non-hydrogen) atoms. The van der Waals surface area contributed by atoms with E-state index in [-0.39, 0.29) is 11.6 Å². The minimum Gasteiger partial charge on any atom is -0.481 e. The Morgan fingerprint density at radius 1 is 1.15 bits per heavy atom. The van der Waals surface area contributed by atoms with Gasteiger partial charge in [0.05, 0.1) is 19.1 Å². The van der Waals surface area contributed by atoms with Crippen LogP contribution in [0.25, 0.3) is 11.5 Å². The lowest BCUT2D eigenvalue weighted by Crippen LogP contribution is -2.43. The predicted octanol–water partition coefficient (Wildman–Crippen LogP) is 3.96. The van der Waals surface area contributed by atoms with Gasteiger partial charge in [0.2, 0.25) is 11.8 Å². The lowest BCUT2D eigenvalue weighted by atomic mass is 9.88. The molecule has 0 atom stereocenters. The number of aromatic nitrogens is 4. The van der Waals surface area contributed by atoms with Gasteiger partial charge in [-0.15, -0.1) is 0 Å². The highest BCUT2D eigenvalue weighted by Gasteiger charge is 2.49. The van der Waals surface area contributed by atoms with E-state index < -0.39 is 23.0 Å². The van der Waals surface area contributed by atoms with Crippen LogP contribution in [0.5, 0.6) is 5.88 Å². The second-order valence-corrected chi connectivity index (χ2v) is 9.39. The monoisotopic (exact) mass is 449 g/mol. The van der Waals surface area contributed by atoms with Crippen LogP contribution in [-0.2, 0) is 21.5 Å². The number of anilines is 1. The molecule has 0 saturated heterocycles. The summed E-state index contributed by atoms with van der Waals surface area (Å²) in [4.78, 5) is 35.9. The summed E-state index contributed by atoms with van der Waals surface area (Å²) in [7, 11) is 1.57. The summed E-state index contributed by atoms with van der Waals surface area (Å²) in [5, 5.41) is 4.60. The van der Waals surface area contributed by atoms with Crippen LogP contribution in [0.15, 0.2) is 42.6 Å². The summed E-state index contributed by atoms with van der Waals surface area (Å²) in [5.41, 5.74) is 0.354. The van der Waals surface area contributed by atoms with Crippen molar-refractivity contribution in [3.63, 3.8) is 0 Å². The predicted molar refractivity (Wildman–Crippen MR) is 122 cm³/mol. The van der Waals surface area contributed by atoms with Crippen LogP contribution in [0.2, 0.25) is 0 Å². The number of fused-ring (bicyclic) bond motifs is 1. The molecule has 3 heterocycles. The van der Waals surface area contributed by atoms with Crippen molar-refractivity contribution in [2.75, 3.05) is 12.0 Å². The quantitative estimate of drug-likeness (QED) is 0.594. The molecule has 3 aromatic rings. The number of nitrogens with zero attached hydrogens (tertiary/aromatic N) is 5. The zero-order valence-corrected chi connectivity index (χ0v) is 19.6. The SMILES string of the molecule is COc1cc(-c2ncc3c(n2)N(C(=O)OC(C)(C)C)C(=O)C3(C)C)nn1Cc1ccccc1. The number of imide groups is 1. The topological polar surface area (TPSA) is 99.4 Å². The van der Waals surface area contributed by atoms with Gasteiger partial charge in [-0.1, -0.05) is 30.3 Å². The number of carbonyl (C=O) groups is 2. The van der Waals surface area contributed by atoms with Gasteiger partial charge in [0, 0.05) is 17.8 Å². The number of rotatable bonds is 4. The summed E-state index contributed by atoms with van der Waals surface area (Å²) >= 11 is 0. The Balaban J connectivity index is 1.73. The fourth-order valence-electron chi connectivity index (χ4n) is 3.62. The molecule has 0 radical (unpaired) electrons. The summed E-state index contributed by atoms with van der Waals surface area (Å²) in [6.45, 7) is 9.21. The Kier molecular flexibility index (Phi) is 5.43. The maximum Gasteiger partial charge on any atom is 0.423 e. The first-order chi connectivity index (χ1) is 15.5. The Morgan fingerprint density at radius 2 is 1.85 bits per heavy atom. The van der Waals surface area contributed by atoms with Crippen LogP contribution >= 0.6 is 0 Å². The lowest BCUT2D eigenvalue weighted by Gasteiger charge is -2.24. The van der Waals surface area contributed by atoms with Crippen LogP contribution in [0.1, 0.15) is 45.7 Å². The van der Waals surface area contributed by atoms with Crippen molar-refractivity contribution >= 4 is 17.8 Å². The van der Waals surface area contributed by atoms with Crippen molar-refractivity contribution < 1.29 is 19.1 Å². The van der Waals surface area contributed by atoms with Gasteiger partial charge >= 0.3 is 6.09 Å². The molecule has 4 rings (SSSR count). The molecule has 0 bridgehead atoms. The van der Waals surface area contributed by atoms with Crippen molar-refractivity contribution in [3.05, 3.63) is 53.7 Å². The van der Waals surface area contributed by atoms with Gasteiger partial charge < -0.3 is 9.47 Å². The molecule has 0 saturated carbocycles. The van der Waals surface area contributed by atoms with Gasteiger partial charge in [-0.25, -0.2) is 19.4 Å². The van der Waals surface area contributed by atoms with Gasteiger partial charge in [-0.2, -0.15) is 10.00 Å². The van der Waals surface area contributed by atoms with Crippen molar-refractivity contribution in [3.8, 4) is 17.4 Å². The van der Waals surface area contributed by atoms with Crippen molar-refractivity contribution in [1.82, 2.24) is 19.7 Å². The second-order valence-electron chi connectivity index (χ2n) is 9.39. The maximum absolute atomic E-state index is 13.1. The number of hydrogen-bond donors (Lipinski definition) is 0. The zero-order chi connectivity index (χ0) is 24.0. The highest BCUT2D eigenvalue weighted by Crippen LogP contribution is 2.41. The van der Waals surface area contributed by atoms with Crippen molar-refractivity contribution in [2.45, 2.75) is 52.2 Å². The van der Waals surface area contributed by atoms with Crippen molar-refractivity contribution in [1.29, 1.82) is 0 Å². The Bertz CT molecular complexity index is 1210. The number of benzene rings is 1. The molecule has 2 aromatic heterocycles. The van der Waals surface area contributed by atoms with E-state index >= 15 is 0 Å². The van der Waals surface area contributed by atoms with E-state index in [4.69, 9.17) is 9.47 Å². The van der Waals surface area contributed by atoms with Crippen LogP contribution in [-0.4, -0.2) is 44.5 Å². The number of carbonyl (C=O) groups excluding carboxylic acids is 2. The van der Waals surface area contributed by atoms with Gasteiger partial charge in [0.15, 0.2) is 11.6 Å². The molecule has 0 spiro atoms. The number of methoxy groups -OCH3 is 1. The molecule has 1 aromatic carbocycles. The largest absolute Gasteiger partial charge is 0.481 e. The van der Waals surface area contributed by atoms with E-state index in [0.29, 0.717) is 23.7 Å². The normalized spacial score (nSPS) is 14.8. The minimum absolute atomic E-state index is 0.209. The van der Waals surface area contributed by atoms with E-state index in [1.165, 1.54) is 0 Å². The van der Waals surface area contributed by atoms with Crippen LogP contribution in [0, 0.1) is 0 Å². The fraction of sp³-hybridized carbons (Fsp3) is 0.375. The second kappa shape index (κ2) is 7.99.